The number of hydrogen-bond acceptors (Lipinski definition) is 3. The van der Waals surface area contributed by atoms with Crippen LogP contribution in [0.15, 0.2) is 0 Å². The molecule has 0 aromatic rings. The highest BCUT2D eigenvalue weighted by Gasteiger charge is 2.10. The van der Waals surface area contributed by atoms with Crippen molar-refractivity contribution in [3.63, 3.8) is 0 Å². The zero-order valence-corrected chi connectivity index (χ0v) is 8.29. The molecule has 2 amide bonds. The Kier molecular flexibility index (Phi) is 5.67. The Morgan fingerprint density at radius 3 is 2.23 bits per heavy atom. The topological polar surface area (TPSA) is 58.6 Å². The molecule has 0 unspecified atom stereocenters. The van der Waals surface area contributed by atoms with Crippen LogP contribution in [0.1, 0.15) is 13.8 Å². The maximum atomic E-state index is 11.3. The third-order valence-electron chi connectivity index (χ3n) is 1.69. The van der Waals surface area contributed by atoms with Gasteiger partial charge in [0.05, 0.1) is 7.11 Å². The Morgan fingerprint density at radius 2 is 1.85 bits per heavy atom. The molecule has 0 radical (unpaired) electrons. The fraction of sp³-hybridized carbons (Fsp3) is 0.750. The van der Waals surface area contributed by atoms with E-state index in [0.717, 1.165) is 0 Å². The smallest absolute Gasteiger partial charge is 0.407 e. The van der Waals surface area contributed by atoms with Crippen molar-refractivity contribution in [2.45, 2.75) is 13.8 Å². The molecule has 0 fully saturated rings. The van der Waals surface area contributed by atoms with Gasteiger partial charge in [-0.15, -0.1) is 0 Å². The molecule has 0 saturated carbocycles. The van der Waals surface area contributed by atoms with Gasteiger partial charge in [0.25, 0.3) is 0 Å². The second-order valence-corrected chi connectivity index (χ2v) is 2.41. The molecule has 13 heavy (non-hydrogen) atoms. The highest BCUT2D eigenvalue weighted by molar-refractivity contribution is 5.82. The van der Waals surface area contributed by atoms with Crippen LogP contribution in [0.25, 0.3) is 0 Å². The molecule has 0 aliphatic carbocycles. The first-order valence-corrected chi connectivity index (χ1v) is 4.25. The van der Waals surface area contributed by atoms with Crippen molar-refractivity contribution in [2.75, 3.05) is 26.7 Å². The van der Waals surface area contributed by atoms with E-state index in [2.05, 4.69) is 10.1 Å². The average Bonchev–Trinajstić information content (AvgIpc) is 2.16. The predicted octanol–water partition coefficient (Wildman–Crippen LogP) is 0.211. The normalized spacial score (nSPS) is 9.15. The summed E-state index contributed by atoms with van der Waals surface area (Å²) >= 11 is 0. The molecule has 0 aromatic carbocycles. The summed E-state index contributed by atoms with van der Waals surface area (Å²) in [6, 6.07) is 0. The first kappa shape index (κ1) is 11.7. The lowest BCUT2D eigenvalue weighted by Crippen LogP contribution is -2.39. The van der Waals surface area contributed by atoms with Gasteiger partial charge in [0.2, 0.25) is 5.91 Å². The van der Waals surface area contributed by atoms with Gasteiger partial charge in [-0.2, -0.15) is 0 Å². The van der Waals surface area contributed by atoms with Gasteiger partial charge in [-0.05, 0) is 13.8 Å². The minimum absolute atomic E-state index is 0.00560. The van der Waals surface area contributed by atoms with Crippen LogP contribution in [0.5, 0.6) is 0 Å². The molecular weight excluding hydrogens is 172 g/mol. The predicted molar refractivity (Wildman–Crippen MR) is 48.3 cm³/mol. The first-order chi connectivity index (χ1) is 6.15. The molecule has 1 N–H and O–H groups in total. The number of nitrogens with zero attached hydrogens (tertiary/aromatic N) is 1. The SMILES string of the molecule is CCN(CC)C(=O)CNC(=O)OC. The molecule has 0 heterocycles. The van der Waals surface area contributed by atoms with E-state index in [-0.39, 0.29) is 12.5 Å². The summed E-state index contributed by atoms with van der Waals surface area (Å²) in [5.74, 6) is -0.101. The number of ether oxygens (including phenoxy) is 1. The molecule has 0 aromatic heterocycles. The molecule has 0 bridgehead atoms. The fourth-order valence-corrected chi connectivity index (χ4v) is 0.908. The maximum Gasteiger partial charge on any atom is 0.407 e. The van der Waals surface area contributed by atoms with E-state index < -0.39 is 6.09 Å². The Hall–Kier alpha value is -1.26. The van der Waals surface area contributed by atoms with E-state index in [1.54, 1.807) is 4.90 Å². The van der Waals surface area contributed by atoms with Gasteiger partial charge < -0.3 is 15.0 Å². The van der Waals surface area contributed by atoms with Gasteiger partial charge in [0, 0.05) is 13.1 Å². The maximum absolute atomic E-state index is 11.3. The van der Waals surface area contributed by atoms with Crippen LogP contribution in [0.2, 0.25) is 0 Å². The van der Waals surface area contributed by atoms with Gasteiger partial charge in [0.15, 0.2) is 0 Å². The number of carbonyl (C=O) groups excluding carboxylic acids is 2. The van der Waals surface area contributed by atoms with Crippen LogP contribution in [-0.2, 0) is 9.53 Å². The number of amides is 2. The Bertz CT molecular complexity index is 178. The molecule has 0 spiro atoms. The molecule has 5 nitrogen and oxygen atoms in total. The van der Waals surface area contributed by atoms with Crippen molar-refractivity contribution >= 4 is 12.0 Å². The second-order valence-electron chi connectivity index (χ2n) is 2.41. The molecular formula is C8H16N2O3. The van der Waals surface area contributed by atoms with Crippen LogP contribution in [0, 0.1) is 0 Å². The third-order valence-corrected chi connectivity index (χ3v) is 1.69. The van der Waals surface area contributed by atoms with Crippen molar-refractivity contribution in [1.29, 1.82) is 0 Å². The van der Waals surface area contributed by atoms with E-state index >= 15 is 0 Å². The average molecular weight is 188 g/mol. The molecule has 0 rings (SSSR count). The van der Waals surface area contributed by atoms with Crippen LogP contribution in [0.3, 0.4) is 0 Å². The van der Waals surface area contributed by atoms with Crippen LogP contribution in [-0.4, -0.2) is 43.6 Å². The third kappa shape index (κ3) is 4.35. The van der Waals surface area contributed by atoms with Crippen molar-refractivity contribution in [2.24, 2.45) is 0 Å². The number of likely N-dealkylation sites (N-methyl/N-ethyl adjacent to an activating group) is 1. The van der Waals surface area contributed by atoms with Gasteiger partial charge in [-0.1, -0.05) is 0 Å². The van der Waals surface area contributed by atoms with Crippen LogP contribution < -0.4 is 5.32 Å². The second kappa shape index (κ2) is 6.28. The highest BCUT2D eigenvalue weighted by atomic mass is 16.5. The lowest BCUT2D eigenvalue weighted by Gasteiger charge is -2.18. The first-order valence-electron chi connectivity index (χ1n) is 4.25. The summed E-state index contributed by atoms with van der Waals surface area (Å²) in [5.41, 5.74) is 0. The van der Waals surface area contributed by atoms with Gasteiger partial charge in [-0.25, -0.2) is 4.79 Å². The molecule has 0 aliphatic heterocycles. The monoisotopic (exact) mass is 188 g/mol. The zero-order valence-electron chi connectivity index (χ0n) is 8.29. The fourth-order valence-electron chi connectivity index (χ4n) is 0.908. The molecule has 76 valence electrons. The quantitative estimate of drug-likeness (QED) is 0.686. The van der Waals surface area contributed by atoms with Gasteiger partial charge in [-0.3, -0.25) is 4.79 Å². The van der Waals surface area contributed by atoms with Gasteiger partial charge >= 0.3 is 6.09 Å². The van der Waals surface area contributed by atoms with Crippen molar-refractivity contribution in [3.05, 3.63) is 0 Å². The lowest BCUT2D eigenvalue weighted by atomic mass is 10.4. The van der Waals surface area contributed by atoms with Gasteiger partial charge in [0.1, 0.15) is 6.54 Å². The number of rotatable bonds is 4. The number of alkyl carbamates (subject to hydrolysis) is 1. The largest absolute Gasteiger partial charge is 0.453 e. The van der Waals surface area contributed by atoms with Crippen LogP contribution >= 0.6 is 0 Å². The molecule has 0 atom stereocenters. The van der Waals surface area contributed by atoms with Crippen LogP contribution in [0.4, 0.5) is 4.79 Å². The van der Waals surface area contributed by atoms with Crippen molar-refractivity contribution in [3.8, 4) is 0 Å². The van der Waals surface area contributed by atoms with Crippen molar-refractivity contribution in [1.82, 2.24) is 10.2 Å². The Morgan fingerprint density at radius 1 is 1.31 bits per heavy atom. The lowest BCUT2D eigenvalue weighted by molar-refractivity contribution is -0.129. The van der Waals surface area contributed by atoms with E-state index in [1.165, 1.54) is 7.11 Å². The summed E-state index contributed by atoms with van der Waals surface area (Å²) in [4.78, 5) is 23.5. The van der Waals surface area contributed by atoms with E-state index in [4.69, 9.17) is 0 Å². The van der Waals surface area contributed by atoms with E-state index in [1.807, 2.05) is 13.8 Å². The number of carbonyl (C=O) groups is 2. The highest BCUT2D eigenvalue weighted by Crippen LogP contribution is 1.87. The van der Waals surface area contributed by atoms with E-state index in [0.29, 0.717) is 13.1 Å². The molecule has 5 heteroatoms. The number of methoxy groups -OCH3 is 1. The minimum Gasteiger partial charge on any atom is -0.453 e. The summed E-state index contributed by atoms with van der Waals surface area (Å²) in [5, 5.41) is 2.33. The number of hydrogen-bond donors (Lipinski definition) is 1. The standard InChI is InChI=1S/C8H16N2O3/c1-4-10(5-2)7(11)6-9-8(12)13-3/h4-6H2,1-3H3,(H,9,12). The molecule has 0 saturated heterocycles. The Labute approximate surface area is 78.0 Å². The Balaban J connectivity index is 3.79. The van der Waals surface area contributed by atoms with Crippen molar-refractivity contribution < 1.29 is 14.3 Å². The molecule has 0 aliphatic rings. The zero-order chi connectivity index (χ0) is 10.3. The number of nitrogens with one attached hydrogen (secondary N) is 1. The summed E-state index contributed by atoms with van der Waals surface area (Å²) in [6.45, 7) is 5.07. The summed E-state index contributed by atoms with van der Waals surface area (Å²) in [6.07, 6.45) is -0.583. The summed E-state index contributed by atoms with van der Waals surface area (Å²) in [7, 11) is 1.26. The summed E-state index contributed by atoms with van der Waals surface area (Å²) < 4.78 is 4.33. The van der Waals surface area contributed by atoms with E-state index in [9.17, 15) is 9.59 Å². The minimum atomic E-state index is -0.583.